The summed E-state index contributed by atoms with van der Waals surface area (Å²) in [6.45, 7) is 6.43. The largest absolute Gasteiger partial charge is 0.481 e. The summed E-state index contributed by atoms with van der Waals surface area (Å²) in [5, 5.41) is 2.80. The molecule has 0 fully saturated rings. The first-order chi connectivity index (χ1) is 13.3. The van der Waals surface area contributed by atoms with Crippen LogP contribution in [0, 0.1) is 0 Å². The Hall–Kier alpha value is -1.90. The van der Waals surface area contributed by atoms with Gasteiger partial charge in [0.25, 0.3) is 5.91 Å². The first-order valence-corrected chi connectivity index (χ1v) is 11.3. The molecule has 152 valence electrons. The second-order valence-corrected chi connectivity index (χ2v) is 9.02. The lowest BCUT2D eigenvalue weighted by Crippen LogP contribution is -2.35. The van der Waals surface area contributed by atoms with Crippen LogP contribution in [0.4, 0.5) is 0 Å². The molecule has 1 unspecified atom stereocenters. The number of carbonyl (C=O) groups excluding carboxylic acids is 1. The van der Waals surface area contributed by atoms with Gasteiger partial charge in [-0.15, -0.1) is 0 Å². The Bertz CT molecular complexity index is 879. The molecule has 0 saturated carbocycles. The molecule has 0 aliphatic carbocycles. The lowest BCUT2D eigenvalue weighted by Gasteiger charge is -2.18. The van der Waals surface area contributed by atoms with Crippen molar-refractivity contribution in [3.05, 3.63) is 58.6 Å². The van der Waals surface area contributed by atoms with Gasteiger partial charge in [-0.3, -0.25) is 4.79 Å². The van der Waals surface area contributed by atoms with E-state index in [9.17, 15) is 13.2 Å². The van der Waals surface area contributed by atoms with E-state index in [1.165, 1.54) is 4.31 Å². The molecule has 1 amide bonds. The van der Waals surface area contributed by atoms with Crippen molar-refractivity contribution in [2.45, 2.75) is 38.3 Å². The van der Waals surface area contributed by atoms with Gasteiger partial charge in [0.1, 0.15) is 5.75 Å². The lowest BCUT2D eigenvalue weighted by molar-refractivity contribution is -0.127. The minimum atomic E-state index is -3.48. The number of nitrogens with zero attached hydrogens (tertiary/aromatic N) is 1. The summed E-state index contributed by atoms with van der Waals surface area (Å²) in [6.07, 6.45) is -0.650. The first kappa shape index (κ1) is 22.4. The minimum absolute atomic E-state index is 0.247. The number of hydrogen-bond acceptors (Lipinski definition) is 4. The molecule has 0 aliphatic rings. The van der Waals surface area contributed by atoms with E-state index >= 15 is 0 Å². The maximum absolute atomic E-state index is 12.5. The average Bonchev–Trinajstić information content (AvgIpc) is 2.69. The molecule has 0 saturated heterocycles. The third kappa shape index (κ3) is 5.80. The van der Waals surface area contributed by atoms with Crippen molar-refractivity contribution < 1.29 is 17.9 Å². The Labute approximate surface area is 175 Å². The first-order valence-electron chi connectivity index (χ1n) is 9.07. The summed E-state index contributed by atoms with van der Waals surface area (Å²) in [4.78, 5) is 12.5. The van der Waals surface area contributed by atoms with Crippen LogP contribution in [-0.2, 0) is 21.4 Å². The Morgan fingerprint density at radius 1 is 1.07 bits per heavy atom. The van der Waals surface area contributed by atoms with Gasteiger partial charge in [0, 0.05) is 24.1 Å². The van der Waals surface area contributed by atoms with E-state index in [4.69, 9.17) is 4.74 Å². The fourth-order valence-corrected chi connectivity index (χ4v) is 4.32. The van der Waals surface area contributed by atoms with Crippen molar-refractivity contribution in [3.8, 4) is 5.75 Å². The van der Waals surface area contributed by atoms with Crippen LogP contribution in [0.25, 0.3) is 0 Å². The Morgan fingerprint density at radius 3 is 2.18 bits per heavy atom. The quantitative estimate of drug-likeness (QED) is 0.610. The van der Waals surface area contributed by atoms with Crippen LogP contribution in [0.3, 0.4) is 0 Å². The van der Waals surface area contributed by atoms with Crippen molar-refractivity contribution in [2.24, 2.45) is 0 Å². The number of sulfonamides is 1. The Kier molecular flexibility index (Phi) is 8.03. The number of benzene rings is 2. The van der Waals surface area contributed by atoms with Crippen LogP contribution in [0.2, 0.25) is 0 Å². The van der Waals surface area contributed by atoms with Crippen molar-refractivity contribution in [1.29, 1.82) is 0 Å². The van der Waals surface area contributed by atoms with Gasteiger partial charge in [-0.25, -0.2) is 8.42 Å². The predicted molar refractivity (Wildman–Crippen MR) is 113 cm³/mol. The zero-order valence-corrected chi connectivity index (χ0v) is 18.6. The van der Waals surface area contributed by atoms with Gasteiger partial charge in [0.05, 0.1) is 4.90 Å². The van der Waals surface area contributed by atoms with Crippen molar-refractivity contribution in [3.63, 3.8) is 0 Å². The highest BCUT2D eigenvalue weighted by molar-refractivity contribution is 9.10. The molecule has 0 aliphatic heterocycles. The van der Waals surface area contributed by atoms with Crippen LogP contribution in [0.1, 0.15) is 26.3 Å². The van der Waals surface area contributed by atoms with Crippen LogP contribution >= 0.6 is 15.9 Å². The van der Waals surface area contributed by atoms with E-state index in [1.807, 2.05) is 26.0 Å². The molecule has 1 N–H and O–H groups in total. The molecule has 2 rings (SSSR count). The third-order valence-electron chi connectivity index (χ3n) is 4.23. The normalized spacial score (nSPS) is 12.6. The molecule has 28 heavy (non-hydrogen) atoms. The summed E-state index contributed by atoms with van der Waals surface area (Å²) < 4.78 is 32.9. The van der Waals surface area contributed by atoms with Gasteiger partial charge in [0.2, 0.25) is 10.0 Å². The molecule has 1 atom stereocenters. The molecular weight excluding hydrogens is 444 g/mol. The highest BCUT2D eigenvalue weighted by Crippen LogP contribution is 2.18. The van der Waals surface area contributed by atoms with Gasteiger partial charge in [-0.2, -0.15) is 4.31 Å². The average molecular weight is 469 g/mol. The minimum Gasteiger partial charge on any atom is -0.481 e. The molecule has 0 heterocycles. The summed E-state index contributed by atoms with van der Waals surface area (Å²) >= 11 is 3.35. The van der Waals surface area contributed by atoms with Gasteiger partial charge < -0.3 is 10.1 Å². The van der Waals surface area contributed by atoms with E-state index in [2.05, 4.69) is 21.2 Å². The number of carbonyl (C=O) groups is 1. The van der Waals surface area contributed by atoms with Crippen LogP contribution < -0.4 is 10.1 Å². The van der Waals surface area contributed by atoms with E-state index in [0.717, 1.165) is 10.0 Å². The van der Waals surface area contributed by atoms with Gasteiger partial charge in [-0.05, 0) is 48.9 Å². The molecule has 2 aromatic carbocycles. The summed E-state index contributed by atoms with van der Waals surface area (Å²) in [5.74, 6) is 0.361. The number of ether oxygens (including phenoxy) is 1. The molecule has 8 heteroatoms. The van der Waals surface area contributed by atoms with Crippen molar-refractivity contribution in [2.75, 3.05) is 13.1 Å². The Balaban J connectivity index is 1.93. The summed E-state index contributed by atoms with van der Waals surface area (Å²) in [7, 11) is -3.48. The smallest absolute Gasteiger partial charge is 0.261 e. The Morgan fingerprint density at radius 2 is 1.64 bits per heavy atom. The number of hydrogen-bond donors (Lipinski definition) is 1. The van der Waals surface area contributed by atoms with E-state index in [-0.39, 0.29) is 10.8 Å². The van der Waals surface area contributed by atoms with Gasteiger partial charge in [-0.1, -0.05) is 41.9 Å². The second-order valence-electron chi connectivity index (χ2n) is 6.17. The van der Waals surface area contributed by atoms with Crippen LogP contribution in [-0.4, -0.2) is 37.8 Å². The van der Waals surface area contributed by atoms with E-state index in [1.54, 1.807) is 43.3 Å². The molecule has 2 aromatic rings. The third-order valence-corrected chi connectivity index (χ3v) is 6.82. The molecule has 0 bridgehead atoms. The van der Waals surface area contributed by atoms with Crippen LogP contribution in [0.5, 0.6) is 5.75 Å². The van der Waals surface area contributed by atoms with E-state index in [0.29, 0.717) is 25.4 Å². The number of amides is 1. The number of rotatable bonds is 9. The zero-order chi connectivity index (χ0) is 20.7. The van der Waals surface area contributed by atoms with Crippen LogP contribution in [0.15, 0.2) is 57.9 Å². The fraction of sp³-hybridized carbons (Fsp3) is 0.350. The van der Waals surface area contributed by atoms with Gasteiger partial charge in [0.15, 0.2) is 6.10 Å². The molecule has 0 radical (unpaired) electrons. The van der Waals surface area contributed by atoms with Crippen molar-refractivity contribution in [1.82, 2.24) is 9.62 Å². The summed E-state index contributed by atoms with van der Waals surface area (Å²) in [6, 6.07) is 13.8. The van der Waals surface area contributed by atoms with Gasteiger partial charge >= 0.3 is 0 Å². The van der Waals surface area contributed by atoms with E-state index < -0.39 is 16.1 Å². The second kappa shape index (κ2) is 10.0. The van der Waals surface area contributed by atoms with Crippen molar-refractivity contribution >= 4 is 31.9 Å². The predicted octanol–water partition coefficient (Wildman–Crippen LogP) is 3.56. The lowest BCUT2D eigenvalue weighted by atomic mass is 10.2. The fourth-order valence-electron chi connectivity index (χ4n) is 2.60. The molecule has 0 aromatic heterocycles. The maximum Gasteiger partial charge on any atom is 0.261 e. The SMILES string of the molecule is CCN(CC)S(=O)(=O)c1ccc(CNC(=O)C(C)Oc2ccc(Br)cc2)cc1. The molecular formula is C20H25BrN2O4S. The molecule has 6 nitrogen and oxygen atoms in total. The highest BCUT2D eigenvalue weighted by Gasteiger charge is 2.21. The zero-order valence-electron chi connectivity index (χ0n) is 16.2. The monoisotopic (exact) mass is 468 g/mol. The number of halogens is 1. The highest BCUT2D eigenvalue weighted by atomic mass is 79.9. The topological polar surface area (TPSA) is 75.7 Å². The maximum atomic E-state index is 12.5. The molecule has 0 spiro atoms. The number of nitrogens with one attached hydrogen (secondary N) is 1. The standard InChI is InChI=1S/C20H25BrN2O4S/c1-4-23(5-2)28(25,26)19-12-6-16(7-13-19)14-22-20(24)15(3)27-18-10-8-17(21)9-11-18/h6-13,15H,4-5,14H2,1-3H3,(H,22,24). The summed E-state index contributed by atoms with van der Waals surface area (Å²) in [5.41, 5.74) is 0.808.